The van der Waals surface area contributed by atoms with E-state index in [2.05, 4.69) is 5.43 Å². The van der Waals surface area contributed by atoms with Gasteiger partial charge < -0.3 is 0 Å². The van der Waals surface area contributed by atoms with Gasteiger partial charge in [0.2, 0.25) is 5.91 Å². The number of hydrogen-bond donors (Lipinski definition) is 1. The van der Waals surface area contributed by atoms with E-state index in [0.717, 1.165) is 12.0 Å². The lowest BCUT2D eigenvalue weighted by atomic mass is 10.1. The Hall–Kier alpha value is -1.84. The molecule has 0 aliphatic rings. The van der Waals surface area contributed by atoms with Crippen molar-refractivity contribution in [2.45, 2.75) is 53.0 Å². The largest absolute Gasteiger partial charge is 0.273 e. The number of rotatable bonds is 3. The fourth-order valence-electron chi connectivity index (χ4n) is 1.84. The van der Waals surface area contributed by atoms with Crippen LogP contribution in [0.15, 0.2) is 24.3 Å². The van der Waals surface area contributed by atoms with Crippen LogP contribution in [0.3, 0.4) is 0 Å². The van der Waals surface area contributed by atoms with Crippen LogP contribution in [0.4, 0.5) is 0 Å². The van der Waals surface area contributed by atoms with Crippen molar-refractivity contribution in [3.63, 3.8) is 0 Å². The Bertz CT molecular complexity index is 489. The third-order valence-electron chi connectivity index (χ3n) is 2.85. The van der Waals surface area contributed by atoms with Crippen molar-refractivity contribution in [3.05, 3.63) is 35.4 Å². The van der Waals surface area contributed by atoms with Crippen LogP contribution in [-0.4, -0.2) is 22.4 Å². The number of hydrogen-bond acceptors (Lipinski definition) is 2. The summed E-state index contributed by atoms with van der Waals surface area (Å²) in [6, 6.07) is 7.37. The molecule has 4 heteroatoms. The summed E-state index contributed by atoms with van der Waals surface area (Å²) >= 11 is 0. The molecule has 0 aliphatic heterocycles. The molecule has 1 rings (SSSR count). The monoisotopic (exact) mass is 276 g/mol. The van der Waals surface area contributed by atoms with E-state index in [0.29, 0.717) is 12.0 Å². The van der Waals surface area contributed by atoms with E-state index in [1.165, 1.54) is 5.01 Å². The maximum Gasteiger partial charge on any atom is 0.272 e. The standard InChI is InChI=1S/C16H24N2O2/c1-6-8-14(19)17-18(16(3,4)5)15(20)13-10-7-9-12(2)11-13/h7,9-11H,6,8H2,1-5H3,(H,17,19). The highest BCUT2D eigenvalue weighted by molar-refractivity contribution is 5.96. The molecule has 0 aliphatic carbocycles. The van der Waals surface area contributed by atoms with E-state index in [-0.39, 0.29) is 11.8 Å². The Labute approximate surface area is 121 Å². The summed E-state index contributed by atoms with van der Waals surface area (Å²) in [6.07, 6.45) is 1.16. The molecule has 0 unspecified atom stereocenters. The third-order valence-corrected chi connectivity index (χ3v) is 2.85. The Morgan fingerprint density at radius 1 is 1.25 bits per heavy atom. The second-order valence-corrected chi connectivity index (χ2v) is 5.97. The molecule has 110 valence electrons. The van der Waals surface area contributed by atoms with Gasteiger partial charge in [0.15, 0.2) is 0 Å². The molecule has 1 aromatic rings. The zero-order valence-corrected chi connectivity index (χ0v) is 13.0. The predicted octanol–water partition coefficient (Wildman–Crippen LogP) is 3.07. The first-order chi connectivity index (χ1) is 9.25. The molecule has 0 fully saturated rings. The summed E-state index contributed by atoms with van der Waals surface area (Å²) in [5.74, 6) is -0.325. The number of carbonyl (C=O) groups is 2. The quantitative estimate of drug-likeness (QED) is 0.863. The Kier molecular flexibility index (Phi) is 5.31. The number of nitrogens with one attached hydrogen (secondary N) is 1. The van der Waals surface area contributed by atoms with Gasteiger partial charge in [0, 0.05) is 12.0 Å². The third kappa shape index (κ3) is 4.37. The SMILES string of the molecule is CCCC(=O)NN(C(=O)c1cccc(C)c1)C(C)(C)C. The van der Waals surface area contributed by atoms with Crippen molar-refractivity contribution in [2.75, 3.05) is 0 Å². The lowest BCUT2D eigenvalue weighted by molar-refractivity contribution is -0.126. The van der Waals surface area contributed by atoms with Crippen LogP contribution < -0.4 is 5.43 Å². The van der Waals surface area contributed by atoms with E-state index in [1.54, 1.807) is 6.07 Å². The summed E-state index contributed by atoms with van der Waals surface area (Å²) in [7, 11) is 0. The van der Waals surface area contributed by atoms with Crippen molar-refractivity contribution in [1.82, 2.24) is 10.4 Å². The molecule has 0 bridgehead atoms. The van der Waals surface area contributed by atoms with Crippen LogP contribution in [0.25, 0.3) is 0 Å². The maximum absolute atomic E-state index is 12.6. The number of hydrazine groups is 1. The number of carbonyl (C=O) groups excluding carboxylic acids is 2. The first kappa shape index (κ1) is 16.2. The van der Waals surface area contributed by atoms with E-state index in [9.17, 15) is 9.59 Å². The molecule has 0 saturated carbocycles. The topological polar surface area (TPSA) is 49.4 Å². The molecule has 0 aromatic heterocycles. The molecule has 0 saturated heterocycles. The molecule has 0 heterocycles. The Balaban J connectivity index is 2.99. The smallest absolute Gasteiger partial charge is 0.272 e. The maximum atomic E-state index is 12.6. The van der Waals surface area contributed by atoms with Crippen molar-refractivity contribution in [3.8, 4) is 0 Å². The Morgan fingerprint density at radius 3 is 2.40 bits per heavy atom. The van der Waals surface area contributed by atoms with Crippen LogP contribution in [0.1, 0.15) is 56.5 Å². The zero-order chi connectivity index (χ0) is 15.3. The van der Waals surface area contributed by atoms with Gasteiger partial charge in [0.25, 0.3) is 5.91 Å². The normalized spacial score (nSPS) is 11.1. The number of benzene rings is 1. The van der Waals surface area contributed by atoms with Crippen LogP contribution in [0, 0.1) is 6.92 Å². The molecule has 0 spiro atoms. The van der Waals surface area contributed by atoms with E-state index in [1.807, 2.05) is 52.8 Å². The van der Waals surface area contributed by atoms with Gasteiger partial charge in [-0.2, -0.15) is 0 Å². The van der Waals surface area contributed by atoms with Gasteiger partial charge >= 0.3 is 0 Å². The summed E-state index contributed by atoms with van der Waals surface area (Å²) in [4.78, 5) is 24.4. The van der Waals surface area contributed by atoms with Gasteiger partial charge in [-0.1, -0.05) is 24.6 Å². The minimum absolute atomic E-state index is 0.136. The van der Waals surface area contributed by atoms with E-state index < -0.39 is 5.54 Å². The van der Waals surface area contributed by atoms with Gasteiger partial charge in [0.05, 0.1) is 5.54 Å². The predicted molar refractivity (Wildman–Crippen MR) is 80.2 cm³/mol. The summed E-state index contributed by atoms with van der Waals surface area (Å²) < 4.78 is 0. The average molecular weight is 276 g/mol. The minimum Gasteiger partial charge on any atom is -0.273 e. The molecular weight excluding hydrogens is 252 g/mol. The highest BCUT2D eigenvalue weighted by Gasteiger charge is 2.29. The van der Waals surface area contributed by atoms with Crippen molar-refractivity contribution in [2.24, 2.45) is 0 Å². The van der Waals surface area contributed by atoms with E-state index in [4.69, 9.17) is 0 Å². The number of aryl methyl sites for hydroxylation is 1. The Morgan fingerprint density at radius 2 is 1.90 bits per heavy atom. The minimum atomic E-state index is -0.482. The zero-order valence-electron chi connectivity index (χ0n) is 13.0. The average Bonchev–Trinajstić information content (AvgIpc) is 2.34. The molecule has 4 nitrogen and oxygen atoms in total. The van der Waals surface area contributed by atoms with Crippen molar-refractivity contribution in [1.29, 1.82) is 0 Å². The van der Waals surface area contributed by atoms with E-state index >= 15 is 0 Å². The second kappa shape index (κ2) is 6.55. The molecular formula is C16H24N2O2. The highest BCUT2D eigenvalue weighted by atomic mass is 16.2. The second-order valence-electron chi connectivity index (χ2n) is 5.97. The van der Waals surface area contributed by atoms with Gasteiger partial charge in [-0.15, -0.1) is 0 Å². The molecule has 2 amide bonds. The lowest BCUT2D eigenvalue weighted by Gasteiger charge is -2.35. The van der Waals surface area contributed by atoms with Gasteiger partial charge in [-0.25, -0.2) is 5.01 Å². The fourth-order valence-corrected chi connectivity index (χ4v) is 1.84. The molecule has 1 aromatic carbocycles. The van der Waals surface area contributed by atoms with Gasteiger partial charge in [-0.3, -0.25) is 15.0 Å². The lowest BCUT2D eigenvalue weighted by Crippen LogP contribution is -2.55. The number of amides is 2. The van der Waals surface area contributed by atoms with Crippen molar-refractivity contribution >= 4 is 11.8 Å². The van der Waals surface area contributed by atoms with Crippen LogP contribution in [0.5, 0.6) is 0 Å². The first-order valence-electron chi connectivity index (χ1n) is 6.96. The summed E-state index contributed by atoms with van der Waals surface area (Å²) in [5.41, 5.74) is 3.84. The highest BCUT2D eigenvalue weighted by Crippen LogP contribution is 2.16. The molecule has 20 heavy (non-hydrogen) atoms. The van der Waals surface area contributed by atoms with Crippen LogP contribution in [0.2, 0.25) is 0 Å². The summed E-state index contributed by atoms with van der Waals surface area (Å²) in [5, 5.41) is 1.42. The van der Waals surface area contributed by atoms with Gasteiger partial charge in [-0.05, 0) is 46.2 Å². The molecule has 0 radical (unpaired) electrons. The van der Waals surface area contributed by atoms with Crippen LogP contribution in [-0.2, 0) is 4.79 Å². The first-order valence-corrected chi connectivity index (χ1v) is 6.96. The van der Waals surface area contributed by atoms with Crippen LogP contribution >= 0.6 is 0 Å². The summed E-state index contributed by atoms with van der Waals surface area (Å²) in [6.45, 7) is 9.56. The molecule has 1 N–H and O–H groups in total. The molecule has 0 atom stereocenters. The fraction of sp³-hybridized carbons (Fsp3) is 0.500. The van der Waals surface area contributed by atoms with Gasteiger partial charge in [0.1, 0.15) is 0 Å². The number of nitrogens with zero attached hydrogens (tertiary/aromatic N) is 1. The van der Waals surface area contributed by atoms with Crippen molar-refractivity contribution < 1.29 is 9.59 Å².